The van der Waals surface area contributed by atoms with Crippen LogP contribution in [0.5, 0.6) is 5.75 Å². The highest BCUT2D eigenvalue weighted by molar-refractivity contribution is 7.16. The number of aromatic nitrogens is 2. The third-order valence-corrected chi connectivity index (χ3v) is 4.45. The number of ether oxygens (including phenoxy) is 1. The van der Waals surface area contributed by atoms with Gasteiger partial charge in [0.05, 0.1) is 12.8 Å². The van der Waals surface area contributed by atoms with Gasteiger partial charge < -0.3 is 14.6 Å². The first kappa shape index (κ1) is 13.0. The Morgan fingerprint density at radius 1 is 1.35 bits per heavy atom. The van der Waals surface area contributed by atoms with Gasteiger partial charge in [0.1, 0.15) is 5.75 Å². The van der Waals surface area contributed by atoms with Gasteiger partial charge in [-0.25, -0.2) is 4.98 Å². The van der Waals surface area contributed by atoms with Crippen LogP contribution >= 0.6 is 11.3 Å². The molecule has 20 heavy (non-hydrogen) atoms. The number of nitrogens with one attached hydrogen (secondary N) is 1. The fourth-order valence-corrected chi connectivity index (χ4v) is 3.22. The molecule has 3 aromatic rings. The maximum absolute atomic E-state index is 5.34. The molecule has 0 unspecified atom stereocenters. The molecule has 0 aliphatic rings. The van der Waals surface area contributed by atoms with Gasteiger partial charge in [-0.3, -0.25) is 0 Å². The summed E-state index contributed by atoms with van der Waals surface area (Å²) in [5.41, 5.74) is 3.37. The number of anilines is 1. The highest BCUT2D eigenvalue weighted by Gasteiger charge is 2.15. The van der Waals surface area contributed by atoms with Gasteiger partial charge in [0.2, 0.25) is 0 Å². The summed E-state index contributed by atoms with van der Waals surface area (Å²) in [5, 5.41) is 5.22. The first-order chi connectivity index (χ1) is 9.63. The molecule has 0 amide bonds. The van der Waals surface area contributed by atoms with E-state index in [0.29, 0.717) is 0 Å². The van der Waals surface area contributed by atoms with Crippen LogP contribution in [0.1, 0.15) is 4.88 Å². The molecule has 1 N–H and O–H groups in total. The molecule has 2 aromatic heterocycles. The van der Waals surface area contributed by atoms with Crippen LogP contribution in [0.2, 0.25) is 0 Å². The Labute approximate surface area is 122 Å². The number of aryl methyl sites for hydroxylation is 2. The maximum atomic E-state index is 5.34. The van der Waals surface area contributed by atoms with Crippen molar-refractivity contribution in [2.24, 2.45) is 7.05 Å². The summed E-state index contributed by atoms with van der Waals surface area (Å²) in [4.78, 5) is 5.88. The van der Waals surface area contributed by atoms with Crippen molar-refractivity contribution in [2.75, 3.05) is 19.5 Å². The van der Waals surface area contributed by atoms with E-state index in [0.717, 1.165) is 22.1 Å². The highest BCUT2D eigenvalue weighted by atomic mass is 32.1. The minimum atomic E-state index is 0.867. The molecular weight excluding hydrogens is 270 g/mol. The molecule has 0 radical (unpaired) electrons. The van der Waals surface area contributed by atoms with Crippen LogP contribution < -0.4 is 10.1 Å². The van der Waals surface area contributed by atoms with E-state index in [4.69, 9.17) is 4.74 Å². The number of benzene rings is 1. The molecule has 0 fully saturated rings. The number of hydrogen-bond acceptors (Lipinski definition) is 4. The monoisotopic (exact) mass is 287 g/mol. The van der Waals surface area contributed by atoms with Crippen molar-refractivity contribution in [2.45, 2.75) is 6.92 Å². The fraction of sp³-hybridized carbons (Fsp3) is 0.267. The molecular formula is C15H17N3OS. The second-order valence-electron chi connectivity index (χ2n) is 4.71. The largest absolute Gasteiger partial charge is 0.497 e. The number of thiazole rings is 1. The number of methoxy groups -OCH3 is 1. The van der Waals surface area contributed by atoms with Crippen molar-refractivity contribution in [1.29, 1.82) is 0 Å². The first-order valence-electron chi connectivity index (χ1n) is 6.42. The van der Waals surface area contributed by atoms with E-state index in [1.54, 1.807) is 18.4 Å². The van der Waals surface area contributed by atoms with Gasteiger partial charge in [-0.1, -0.05) is 0 Å². The highest BCUT2D eigenvalue weighted by Crippen LogP contribution is 2.36. The van der Waals surface area contributed by atoms with Gasteiger partial charge >= 0.3 is 0 Å². The van der Waals surface area contributed by atoms with Crippen molar-refractivity contribution < 1.29 is 4.74 Å². The zero-order valence-electron chi connectivity index (χ0n) is 12.0. The van der Waals surface area contributed by atoms with E-state index in [1.165, 1.54) is 15.8 Å². The Hall–Kier alpha value is -2.01. The van der Waals surface area contributed by atoms with E-state index in [1.807, 2.05) is 13.1 Å². The quantitative estimate of drug-likeness (QED) is 0.799. The molecule has 0 saturated carbocycles. The summed E-state index contributed by atoms with van der Waals surface area (Å²) in [6.45, 7) is 2.10. The van der Waals surface area contributed by atoms with Crippen LogP contribution in [0.3, 0.4) is 0 Å². The lowest BCUT2D eigenvalue weighted by Gasteiger charge is -2.01. The summed E-state index contributed by atoms with van der Waals surface area (Å²) in [7, 11) is 5.64. The predicted octanol–water partition coefficient (Wildman–Crippen LogP) is 3.66. The lowest BCUT2D eigenvalue weighted by Crippen LogP contribution is -1.86. The summed E-state index contributed by atoms with van der Waals surface area (Å²) in [6.07, 6.45) is 2.13. The Bertz CT molecular complexity index is 773. The lowest BCUT2D eigenvalue weighted by atomic mass is 10.1. The molecule has 2 heterocycles. The second-order valence-corrected chi connectivity index (χ2v) is 5.91. The Morgan fingerprint density at radius 2 is 2.15 bits per heavy atom. The van der Waals surface area contributed by atoms with Crippen molar-refractivity contribution in [1.82, 2.24) is 9.55 Å². The van der Waals surface area contributed by atoms with Crippen molar-refractivity contribution in [3.63, 3.8) is 0 Å². The Balaban J connectivity index is 2.26. The van der Waals surface area contributed by atoms with Gasteiger partial charge in [0, 0.05) is 41.6 Å². The summed E-state index contributed by atoms with van der Waals surface area (Å²) in [6, 6.07) is 6.14. The Morgan fingerprint density at radius 3 is 2.80 bits per heavy atom. The molecule has 0 atom stereocenters. The third-order valence-electron chi connectivity index (χ3n) is 3.46. The predicted molar refractivity (Wildman–Crippen MR) is 84.9 cm³/mol. The topological polar surface area (TPSA) is 39.1 Å². The molecule has 0 saturated heterocycles. The van der Waals surface area contributed by atoms with Crippen LogP contribution in [0.25, 0.3) is 22.2 Å². The first-order valence-corrected chi connectivity index (χ1v) is 7.24. The average Bonchev–Trinajstić information content (AvgIpc) is 2.99. The van der Waals surface area contributed by atoms with Crippen molar-refractivity contribution >= 4 is 27.4 Å². The Kier molecular flexibility index (Phi) is 3.14. The number of fused-ring (bicyclic) bond motifs is 1. The van der Waals surface area contributed by atoms with Crippen LogP contribution in [0, 0.1) is 6.92 Å². The van der Waals surface area contributed by atoms with Crippen LogP contribution in [0.15, 0.2) is 24.4 Å². The second kappa shape index (κ2) is 4.83. The third kappa shape index (κ3) is 1.94. The number of rotatable bonds is 3. The van der Waals surface area contributed by atoms with Gasteiger partial charge in [-0.05, 0) is 25.1 Å². The molecule has 1 aromatic carbocycles. The fourth-order valence-electron chi connectivity index (χ4n) is 2.44. The van der Waals surface area contributed by atoms with Crippen LogP contribution in [-0.2, 0) is 7.05 Å². The zero-order valence-corrected chi connectivity index (χ0v) is 12.8. The van der Waals surface area contributed by atoms with E-state index in [-0.39, 0.29) is 0 Å². The van der Waals surface area contributed by atoms with Gasteiger partial charge in [0.25, 0.3) is 0 Å². The van der Waals surface area contributed by atoms with Crippen LogP contribution in [0.4, 0.5) is 5.13 Å². The smallest absolute Gasteiger partial charge is 0.183 e. The normalized spacial score (nSPS) is 11.0. The van der Waals surface area contributed by atoms with Crippen molar-refractivity contribution in [3.05, 3.63) is 29.3 Å². The van der Waals surface area contributed by atoms with E-state index < -0.39 is 0 Å². The van der Waals surface area contributed by atoms with Crippen molar-refractivity contribution in [3.8, 4) is 17.0 Å². The maximum Gasteiger partial charge on any atom is 0.183 e. The lowest BCUT2D eigenvalue weighted by molar-refractivity contribution is 0.415. The summed E-state index contributed by atoms with van der Waals surface area (Å²) in [5.74, 6) is 0.867. The van der Waals surface area contributed by atoms with Gasteiger partial charge in [-0.2, -0.15) is 0 Å². The molecule has 5 heteroatoms. The minimum absolute atomic E-state index is 0.867. The summed E-state index contributed by atoms with van der Waals surface area (Å²) < 4.78 is 7.47. The van der Waals surface area contributed by atoms with Gasteiger partial charge in [-0.15, -0.1) is 11.3 Å². The zero-order chi connectivity index (χ0) is 14.3. The average molecular weight is 287 g/mol. The standard InChI is InChI=1S/C15H17N3OS/c1-9-14(17-15(16-2)20-9)12-8-18(3)13-6-5-10(19-4)7-11(12)13/h5-8H,1-4H3,(H,16,17). The molecule has 0 aliphatic heterocycles. The molecule has 0 spiro atoms. The van der Waals surface area contributed by atoms with E-state index in [9.17, 15) is 0 Å². The van der Waals surface area contributed by atoms with E-state index >= 15 is 0 Å². The minimum Gasteiger partial charge on any atom is -0.497 e. The SMILES string of the molecule is CNc1nc(-c2cn(C)c3ccc(OC)cc23)c(C)s1. The molecule has 104 valence electrons. The number of hydrogen-bond donors (Lipinski definition) is 1. The summed E-state index contributed by atoms with van der Waals surface area (Å²) >= 11 is 1.67. The molecule has 0 bridgehead atoms. The van der Waals surface area contributed by atoms with Crippen LogP contribution in [-0.4, -0.2) is 23.7 Å². The molecule has 4 nitrogen and oxygen atoms in total. The van der Waals surface area contributed by atoms with E-state index in [2.05, 4.69) is 47.2 Å². The molecule has 0 aliphatic carbocycles. The molecule has 3 rings (SSSR count). The number of nitrogens with zero attached hydrogens (tertiary/aromatic N) is 2. The van der Waals surface area contributed by atoms with Gasteiger partial charge in [0.15, 0.2) is 5.13 Å².